The van der Waals surface area contributed by atoms with Crippen LogP contribution in [0.2, 0.25) is 0 Å². The molecule has 39 heavy (non-hydrogen) atoms. The first kappa shape index (κ1) is 25.1. The molecular weight excluding hydrogens is 474 g/mol. The maximum atomic E-state index is 6.69. The fraction of sp³-hybridized carbons (Fsp3) is 0.216. The SMILES string of the molecule is Cc1ccc2c(oc3cc(-c4ccccc4)ccc32)c1-c1cc(-c2c(C(C)C)cccc2C(C)C)cc[n+]1C. The van der Waals surface area contributed by atoms with E-state index in [-0.39, 0.29) is 0 Å². The van der Waals surface area contributed by atoms with Crippen molar-refractivity contribution >= 4 is 21.9 Å². The molecular formula is C37H36NO+. The summed E-state index contributed by atoms with van der Waals surface area (Å²) in [6.45, 7) is 11.3. The minimum absolute atomic E-state index is 0.440. The monoisotopic (exact) mass is 510 g/mol. The van der Waals surface area contributed by atoms with Crippen LogP contribution in [-0.2, 0) is 7.05 Å². The standard InChI is InChI=1S/C37H36NO/c1-23(2)29-13-10-14-30(24(3)4)36(29)28-19-20-38(6)33(21-28)35-25(5)15-17-32-31-18-16-27(22-34(31)39-37(32)35)26-11-8-7-9-12-26/h7-24H,1-6H3/q+1. The van der Waals surface area contributed by atoms with Crippen LogP contribution in [0, 0.1) is 6.92 Å². The van der Waals surface area contributed by atoms with Gasteiger partial charge in [-0.05, 0) is 69.8 Å². The third-order valence-corrected chi connectivity index (χ3v) is 8.02. The van der Waals surface area contributed by atoms with E-state index >= 15 is 0 Å². The third kappa shape index (κ3) is 4.34. The molecule has 0 aliphatic heterocycles. The molecule has 0 atom stereocenters. The van der Waals surface area contributed by atoms with Crippen molar-refractivity contribution in [2.45, 2.75) is 46.5 Å². The lowest BCUT2D eigenvalue weighted by atomic mass is 9.85. The second-order valence-electron chi connectivity index (χ2n) is 11.3. The van der Waals surface area contributed by atoms with E-state index < -0.39 is 0 Å². The van der Waals surface area contributed by atoms with Gasteiger partial charge in [-0.25, -0.2) is 4.57 Å². The fourth-order valence-corrected chi connectivity index (χ4v) is 5.92. The summed E-state index contributed by atoms with van der Waals surface area (Å²) >= 11 is 0. The van der Waals surface area contributed by atoms with Gasteiger partial charge in [0, 0.05) is 22.9 Å². The van der Waals surface area contributed by atoms with Crippen molar-refractivity contribution in [1.29, 1.82) is 0 Å². The lowest BCUT2D eigenvalue weighted by Crippen LogP contribution is -2.30. The zero-order chi connectivity index (χ0) is 27.3. The van der Waals surface area contributed by atoms with Crippen LogP contribution in [-0.4, -0.2) is 0 Å². The minimum Gasteiger partial charge on any atom is -0.455 e. The van der Waals surface area contributed by atoms with Crippen LogP contribution in [0.1, 0.15) is 56.2 Å². The number of furan rings is 1. The highest BCUT2D eigenvalue weighted by atomic mass is 16.3. The first-order valence-corrected chi connectivity index (χ1v) is 14.0. The van der Waals surface area contributed by atoms with Crippen LogP contribution in [0.4, 0.5) is 0 Å². The first-order chi connectivity index (χ1) is 18.8. The second-order valence-corrected chi connectivity index (χ2v) is 11.3. The molecule has 4 aromatic carbocycles. The Balaban J connectivity index is 1.58. The normalized spacial score (nSPS) is 11.8. The lowest BCUT2D eigenvalue weighted by Gasteiger charge is -2.20. The topological polar surface area (TPSA) is 17.0 Å². The number of pyridine rings is 1. The summed E-state index contributed by atoms with van der Waals surface area (Å²) in [7, 11) is 2.13. The van der Waals surface area contributed by atoms with E-state index in [4.69, 9.17) is 4.42 Å². The molecule has 6 aromatic rings. The van der Waals surface area contributed by atoms with Gasteiger partial charge in [-0.15, -0.1) is 0 Å². The Morgan fingerprint density at radius 1 is 0.615 bits per heavy atom. The van der Waals surface area contributed by atoms with Gasteiger partial charge in [0.05, 0.1) is 5.56 Å². The van der Waals surface area contributed by atoms with E-state index in [1.54, 1.807) is 0 Å². The molecule has 0 radical (unpaired) electrons. The molecule has 6 rings (SSSR count). The van der Waals surface area contributed by atoms with Gasteiger partial charge in [0.25, 0.3) is 0 Å². The fourth-order valence-electron chi connectivity index (χ4n) is 5.92. The van der Waals surface area contributed by atoms with E-state index in [1.165, 1.54) is 38.9 Å². The van der Waals surface area contributed by atoms with Crippen molar-refractivity contribution in [3.8, 4) is 33.5 Å². The molecule has 0 fully saturated rings. The van der Waals surface area contributed by atoms with Crippen molar-refractivity contribution in [3.05, 3.63) is 114 Å². The predicted molar refractivity (Wildman–Crippen MR) is 164 cm³/mol. The largest absolute Gasteiger partial charge is 0.455 e. The highest BCUT2D eigenvalue weighted by Gasteiger charge is 2.23. The first-order valence-electron chi connectivity index (χ1n) is 14.0. The Morgan fingerprint density at radius 2 is 1.31 bits per heavy atom. The van der Waals surface area contributed by atoms with E-state index in [0.717, 1.165) is 33.2 Å². The summed E-state index contributed by atoms with van der Waals surface area (Å²) in [5, 5.41) is 2.30. The molecule has 2 heterocycles. The third-order valence-electron chi connectivity index (χ3n) is 8.02. The average molecular weight is 511 g/mol. The Labute approximate surface area is 231 Å². The van der Waals surface area contributed by atoms with Crippen LogP contribution < -0.4 is 4.57 Å². The van der Waals surface area contributed by atoms with Gasteiger partial charge in [0.15, 0.2) is 6.20 Å². The molecule has 0 bridgehead atoms. The van der Waals surface area contributed by atoms with Gasteiger partial charge in [0.1, 0.15) is 18.2 Å². The van der Waals surface area contributed by atoms with Gasteiger partial charge in [-0.2, -0.15) is 0 Å². The van der Waals surface area contributed by atoms with Crippen LogP contribution in [0.25, 0.3) is 55.4 Å². The van der Waals surface area contributed by atoms with Crippen LogP contribution in [0.5, 0.6) is 0 Å². The number of hydrogen-bond acceptors (Lipinski definition) is 1. The zero-order valence-electron chi connectivity index (χ0n) is 23.7. The highest BCUT2D eigenvalue weighted by Crippen LogP contribution is 2.41. The van der Waals surface area contributed by atoms with E-state index in [9.17, 15) is 0 Å². The molecule has 0 aliphatic carbocycles. The smallest absolute Gasteiger partial charge is 0.216 e. The Bertz CT molecular complexity index is 1800. The Morgan fingerprint density at radius 3 is 2.00 bits per heavy atom. The zero-order valence-corrected chi connectivity index (χ0v) is 23.7. The van der Waals surface area contributed by atoms with Crippen molar-refractivity contribution in [1.82, 2.24) is 0 Å². The molecule has 0 saturated heterocycles. The molecule has 0 aliphatic rings. The number of fused-ring (bicyclic) bond motifs is 3. The molecule has 0 saturated carbocycles. The minimum atomic E-state index is 0.440. The van der Waals surface area contributed by atoms with Crippen molar-refractivity contribution in [3.63, 3.8) is 0 Å². The molecule has 0 amide bonds. The molecule has 2 heteroatoms. The van der Waals surface area contributed by atoms with E-state index in [2.05, 4.69) is 143 Å². The number of hydrogen-bond donors (Lipinski definition) is 0. The van der Waals surface area contributed by atoms with Crippen LogP contribution >= 0.6 is 0 Å². The van der Waals surface area contributed by atoms with Gasteiger partial charge in [-0.1, -0.05) is 94.4 Å². The summed E-state index contributed by atoms with van der Waals surface area (Å²) in [5.74, 6) is 0.880. The molecule has 0 unspecified atom stereocenters. The molecule has 2 nitrogen and oxygen atoms in total. The number of benzene rings is 4. The summed E-state index contributed by atoms with van der Waals surface area (Å²) in [4.78, 5) is 0. The maximum Gasteiger partial charge on any atom is 0.216 e. The Kier molecular flexibility index (Phi) is 6.35. The van der Waals surface area contributed by atoms with Crippen molar-refractivity contribution in [2.75, 3.05) is 0 Å². The maximum absolute atomic E-state index is 6.69. The highest BCUT2D eigenvalue weighted by molar-refractivity contribution is 6.10. The van der Waals surface area contributed by atoms with Gasteiger partial charge < -0.3 is 4.42 Å². The predicted octanol–water partition coefficient (Wildman–Crippen LogP) is 9.97. The van der Waals surface area contributed by atoms with Crippen molar-refractivity contribution in [2.24, 2.45) is 7.05 Å². The summed E-state index contributed by atoms with van der Waals surface area (Å²) < 4.78 is 8.92. The summed E-state index contributed by atoms with van der Waals surface area (Å²) in [6.07, 6.45) is 2.19. The lowest BCUT2D eigenvalue weighted by molar-refractivity contribution is -0.660. The number of aryl methyl sites for hydroxylation is 2. The summed E-state index contributed by atoms with van der Waals surface area (Å²) in [5.41, 5.74) is 13.2. The molecule has 2 aromatic heterocycles. The van der Waals surface area contributed by atoms with Crippen LogP contribution in [0.15, 0.2) is 102 Å². The van der Waals surface area contributed by atoms with Gasteiger partial charge >= 0.3 is 0 Å². The van der Waals surface area contributed by atoms with Gasteiger partial charge in [0.2, 0.25) is 5.69 Å². The number of nitrogens with zero attached hydrogens (tertiary/aromatic N) is 1. The Hall–Kier alpha value is -4.17. The number of rotatable bonds is 5. The van der Waals surface area contributed by atoms with Crippen LogP contribution in [0.3, 0.4) is 0 Å². The molecule has 0 spiro atoms. The van der Waals surface area contributed by atoms with Crippen molar-refractivity contribution < 1.29 is 8.98 Å². The van der Waals surface area contributed by atoms with E-state index in [1.807, 2.05) is 0 Å². The molecule has 0 N–H and O–H groups in total. The van der Waals surface area contributed by atoms with E-state index in [0.29, 0.717) is 11.8 Å². The number of aromatic nitrogens is 1. The van der Waals surface area contributed by atoms with Gasteiger partial charge in [-0.3, -0.25) is 0 Å². The second kappa shape index (κ2) is 9.85. The quantitative estimate of drug-likeness (QED) is 0.211. The average Bonchev–Trinajstić information content (AvgIpc) is 3.31. The summed E-state index contributed by atoms with van der Waals surface area (Å²) in [6, 6.07) is 32.9. The molecule has 194 valence electrons.